The number of aryl methyl sites for hydroxylation is 1. The number of nitrogens with two attached hydrogens (primary N) is 1. The van der Waals surface area contributed by atoms with Gasteiger partial charge in [-0.25, -0.2) is 0 Å². The predicted molar refractivity (Wildman–Crippen MR) is 104 cm³/mol. The Labute approximate surface area is 160 Å². The summed E-state index contributed by atoms with van der Waals surface area (Å²) in [6.07, 6.45) is 0. The van der Waals surface area contributed by atoms with Crippen LogP contribution in [0.25, 0.3) is 5.69 Å². The quantitative estimate of drug-likeness (QED) is 0.681. The summed E-state index contributed by atoms with van der Waals surface area (Å²) in [7, 11) is 0. The average Bonchev–Trinajstić information content (AvgIpc) is 2.96. The molecule has 28 heavy (non-hydrogen) atoms. The first-order valence-electron chi connectivity index (χ1n) is 8.64. The van der Waals surface area contributed by atoms with Crippen LogP contribution in [0.4, 0.5) is 5.82 Å². The number of fused-ring (bicyclic) bond motifs is 1. The molecule has 0 atom stereocenters. The normalized spacial score (nSPS) is 12.6. The molecule has 0 bridgehead atoms. The molecule has 0 aliphatic carbocycles. The highest BCUT2D eigenvalue weighted by atomic mass is 16.5. The highest BCUT2D eigenvalue weighted by Crippen LogP contribution is 2.26. The lowest BCUT2D eigenvalue weighted by Gasteiger charge is -2.15. The van der Waals surface area contributed by atoms with Gasteiger partial charge in [-0.2, -0.15) is 0 Å². The molecule has 3 aromatic rings. The molecule has 2 aromatic carbocycles. The van der Waals surface area contributed by atoms with Gasteiger partial charge in [-0.05, 0) is 36.2 Å². The number of anilines is 1. The van der Waals surface area contributed by atoms with E-state index in [1.54, 1.807) is 18.2 Å². The number of nitrogen functional groups attached to an aromatic ring is 1. The molecular formula is C21H17N3O4. The largest absolute Gasteiger partial charge is 0.489 e. The van der Waals surface area contributed by atoms with Crippen LogP contribution in [0.2, 0.25) is 0 Å². The number of carbonyl (C=O) groups is 2. The van der Waals surface area contributed by atoms with Crippen LogP contribution < -0.4 is 21.3 Å². The molecule has 1 aliphatic rings. The van der Waals surface area contributed by atoms with E-state index in [-0.39, 0.29) is 16.9 Å². The summed E-state index contributed by atoms with van der Waals surface area (Å²) >= 11 is 0. The van der Waals surface area contributed by atoms with E-state index in [9.17, 15) is 14.4 Å². The molecular weight excluding hydrogens is 358 g/mol. The van der Waals surface area contributed by atoms with Crippen LogP contribution in [0.3, 0.4) is 0 Å². The van der Waals surface area contributed by atoms with Gasteiger partial charge in [-0.3, -0.25) is 24.3 Å². The van der Waals surface area contributed by atoms with Gasteiger partial charge in [0.05, 0.1) is 16.8 Å². The SMILES string of the molecule is Cc1cc(OCc2ccccc2)ccc1-n1c(N)c2c(cc1=O)C(=O)NC2=O. The lowest BCUT2D eigenvalue weighted by molar-refractivity contribution is 0.0880. The highest BCUT2D eigenvalue weighted by Gasteiger charge is 2.32. The smallest absolute Gasteiger partial charge is 0.262 e. The maximum Gasteiger partial charge on any atom is 0.262 e. The maximum absolute atomic E-state index is 12.6. The van der Waals surface area contributed by atoms with Crippen molar-refractivity contribution in [2.24, 2.45) is 0 Å². The zero-order chi connectivity index (χ0) is 19.8. The van der Waals surface area contributed by atoms with Gasteiger partial charge in [0.25, 0.3) is 17.4 Å². The molecule has 0 fully saturated rings. The second-order valence-electron chi connectivity index (χ2n) is 6.50. The van der Waals surface area contributed by atoms with Crippen molar-refractivity contribution in [1.82, 2.24) is 9.88 Å². The molecule has 7 heteroatoms. The third kappa shape index (κ3) is 2.92. The molecule has 4 rings (SSSR count). The molecule has 1 aliphatic heterocycles. The minimum absolute atomic E-state index is 0.00391. The summed E-state index contributed by atoms with van der Waals surface area (Å²) in [6, 6.07) is 16.1. The van der Waals surface area contributed by atoms with E-state index < -0.39 is 17.4 Å². The van der Waals surface area contributed by atoms with Crippen LogP contribution in [-0.4, -0.2) is 16.4 Å². The first kappa shape index (κ1) is 17.5. The van der Waals surface area contributed by atoms with Crippen molar-refractivity contribution in [3.63, 3.8) is 0 Å². The molecule has 0 saturated carbocycles. The number of benzene rings is 2. The molecule has 0 spiro atoms. The van der Waals surface area contributed by atoms with Crippen molar-refractivity contribution >= 4 is 17.6 Å². The van der Waals surface area contributed by atoms with Gasteiger partial charge in [0, 0.05) is 6.07 Å². The Hall–Kier alpha value is -3.87. The Bertz CT molecular complexity index is 1170. The number of aromatic nitrogens is 1. The minimum Gasteiger partial charge on any atom is -0.489 e. The number of amides is 2. The summed E-state index contributed by atoms with van der Waals surface area (Å²) in [5.74, 6) is -0.637. The van der Waals surface area contributed by atoms with Crippen molar-refractivity contribution in [1.29, 1.82) is 0 Å². The summed E-state index contributed by atoms with van der Waals surface area (Å²) in [6.45, 7) is 2.23. The van der Waals surface area contributed by atoms with Gasteiger partial charge >= 0.3 is 0 Å². The molecule has 0 unspecified atom stereocenters. The van der Waals surface area contributed by atoms with E-state index in [1.807, 2.05) is 37.3 Å². The molecule has 3 N–H and O–H groups in total. The Balaban J connectivity index is 1.69. The Morgan fingerprint density at radius 3 is 2.46 bits per heavy atom. The number of pyridine rings is 1. The average molecular weight is 375 g/mol. The van der Waals surface area contributed by atoms with E-state index in [4.69, 9.17) is 10.5 Å². The molecule has 7 nitrogen and oxygen atoms in total. The standard InChI is InChI=1S/C21H17N3O4/c1-12-9-14(28-11-13-5-3-2-4-6-13)7-8-16(12)24-17(25)10-15-18(19(24)22)21(27)23-20(15)26/h2-10H,11,22H2,1H3,(H,23,26,27). The predicted octanol–water partition coefficient (Wildman–Crippen LogP) is 2.19. The zero-order valence-corrected chi connectivity index (χ0v) is 15.1. The van der Waals surface area contributed by atoms with E-state index in [0.717, 1.165) is 17.2 Å². The van der Waals surface area contributed by atoms with Gasteiger partial charge in [0.1, 0.15) is 18.2 Å². The van der Waals surface area contributed by atoms with Crippen LogP contribution in [-0.2, 0) is 6.61 Å². The second kappa shape index (κ2) is 6.70. The first-order valence-corrected chi connectivity index (χ1v) is 8.64. The summed E-state index contributed by atoms with van der Waals surface area (Å²) < 4.78 is 7.03. The third-order valence-electron chi connectivity index (χ3n) is 4.61. The molecule has 140 valence electrons. The Morgan fingerprint density at radius 2 is 1.75 bits per heavy atom. The lowest BCUT2D eigenvalue weighted by Crippen LogP contribution is -2.24. The van der Waals surface area contributed by atoms with Gasteiger partial charge in [0.2, 0.25) is 0 Å². The van der Waals surface area contributed by atoms with Crippen molar-refractivity contribution in [3.8, 4) is 11.4 Å². The molecule has 1 aromatic heterocycles. The van der Waals surface area contributed by atoms with E-state index in [2.05, 4.69) is 5.32 Å². The lowest BCUT2D eigenvalue weighted by atomic mass is 10.1. The van der Waals surface area contributed by atoms with Gasteiger partial charge < -0.3 is 10.5 Å². The van der Waals surface area contributed by atoms with E-state index in [1.165, 1.54) is 4.57 Å². The van der Waals surface area contributed by atoms with Crippen molar-refractivity contribution in [2.45, 2.75) is 13.5 Å². The number of hydrogen-bond donors (Lipinski definition) is 2. The van der Waals surface area contributed by atoms with Gasteiger partial charge in [-0.15, -0.1) is 0 Å². The maximum atomic E-state index is 12.6. The van der Waals surface area contributed by atoms with Crippen LogP contribution >= 0.6 is 0 Å². The highest BCUT2D eigenvalue weighted by molar-refractivity contribution is 6.23. The third-order valence-corrected chi connectivity index (χ3v) is 4.61. The summed E-state index contributed by atoms with van der Waals surface area (Å²) in [4.78, 5) is 36.3. The number of imide groups is 1. The van der Waals surface area contributed by atoms with E-state index in [0.29, 0.717) is 18.0 Å². The Morgan fingerprint density at radius 1 is 1.00 bits per heavy atom. The first-order chi connectivity index (χ1) is 13.5. The number of rotatable bonds is 4. The Kier molecular flexibility index (Phi) is 4.19. The fraction of sp³-hybridized carbons (Fsp3) is 0.0952. The number of nitrogens with one attached hydrogen (secondary N) is 1. The van der Waals surface area contributed by atoms with E-state index >= 15 is 0 Å². The second-order valence-corrected chi connectivity index (χ2v) is 6.50. The van der Waals surface area contributed by atoms with Gasteiger partial charge in [-0.1, -0.05) is 30.3 Å². The topological polar surface area (TPSA) is 103 Å². The van der Waals surface area contributed by atoms with Crippen LogP contribution in [0.5, 0.6) is 5.75 Å². The molecule has 2 amide bonds. The van der Waals surface area contributed by atoms with Crippen molar-refractivity contribution in [2.75, 3.05) is 5.73 Å². The zero-order valence-electron chi connectivity index (χ0n) is 15.1. The number of ether oxygens (including phenoxy) is 1. The number of hydrogen-bond acceptors (Lipinski definition) is 5. The molecule has 0 saturated heterocycles. The fourth-order valence-corrected chi connectivity index (χ4v) is 3.24. The van der Waals surface area contributed by atoms with Crippen LogP contribution in [0.1, 0.15) is 31.8 Å². The number of nitrogens with zero attached hydrogens (tertiary/aromatic N) is 1. The molecule has 2 heterocycles. The summed E-state index contributed by atoms with van der Waals surface area (Å²) in [5, 5.41) is 2.15. The van der Waals surface area contributed by atoms with Crippen molar-refractivity contribution in [3.05, 3.63) is 87.2 Å². The van der Waals surface area contributed by atoms with Crippen LogP contribution in [0.15, 0.2) is 59.4 Å². The number of carbonyl (C=O) groups excluding carboxylic acids is 2. The fourth-order valence-electron chi connectivity index (χ4n) is 3.24. The summed E-state index contributed by atoms with van der Waals surface area (Å²) in [5.41, 5.74) is 7.92. The van der Waals surface area contributed by atoms with Gasteiger partial charge in [0.15, 0.2) is 0 Å². The van der Waals surface area contributed by atoms with Crippen LogP contribution in [0, 0.1) is 6.92 Å². The monoisotopic (exact) mass is 375 g/mol. The minimum atomic E-state index is -0.614. The van der Waals surface area contributed by atoms with Crippen molar-refractivity contribution < 1.29 is 14.3 Å². The molecule has 0 radical (unpaired) electrons.